The van der Waals surface area contributed by atoms with Crippen molar-refractivity contribution in [2.24, 2.45) is 0 Å². The largest absolute Gasteiger partial charge is 1.00 e. The van der Waals surface area contributed by atoms with Gasteiger partial charge in [0.05, 0.1) is 13.1 Å². The van der Waals surface area contributed by atoms with Crippen LogP contribution in [0.3, 0.4) is 0 Å². The molecule has 0 atom stereocenters. The van der Waals surface area contributed by atoms with E-state index in [4.69, 9.17) is 4.74 Å². The number of fused-ring (bicyclic) bond motifs is 2. The first kappa shape index (κ1) is 16.7. The minimum Gasteiger partial charge on any atom is -0.545 e. The smallest absolute Gasteiger partial charge is 0.545 e. The minimum atomic E-state index is -1.23. The predicted octanol–water partition coefficient (Wildman–Crippen LogP) is -1.61. The normalized spacial score (nSPS) is 12.5. The number of ether oxygens (including phenoxy) is 1. The molecule has 2 aromatic carbocycles. The van der Waals surface area contributed by atoms with Gasteiger partial charge in [-0.15, -0.1) is 0 Å². The van der Waals surface area contributed by atoms with Crippen LogP contribution >= 0.6 is 0 Å². The van der Waals surface area contributed by atoms with Crippen molar-refractivity contribution in [3.05, 3.63) is 64.2 Å². The molecule has 0 radical (unpaired) electrons. The van der Waals surface area contributed by atoms with Crippen molar-refractivity contribution < 1.29 is 49.0 Å². The molecule has 3 rings (SSSR count). The van der Waals surface area contributed by atoms with E-state index in [0.29, 0.717) is 29.7 Å². The standard InChI is InChI=1S/C17H14O4.Na/c1-21-13-6-4-10-2-3-11-8-12(17(19)20)5-7-14(11)16(18)15(10)9-13;/h4-9H,2-3H2,1H3,(H,19,20);/q;+1/p-1. The SMILES string of the molecule is COc1ccc2c(c1)C(=O)c1ccc(C(=O)[O-])cc1CC2.[Na+]. The molecule has 22 heavy (non-hydrogen) atoms. The van der Waals surface area contributed by atoms with E-state index in [1.165, 1.54) is 12.1 Å². The summed E-state index contributed by atoms with van der Waals surface area (Å²) in [5.74, 6) is -0.688. The van der Waals surface area contributed by atoms with Gasteiger partial charge in [0.25, 0.3) is 0 Å². The van der Waals surface area contributed by atoms with Gasteiger partial charge in [0.1, 0.15) is 5.75 Å². The van der Waals surface area contributed by atoms with Crippen molar-refractivity contribution in [3.8, 4) is 5.75 Å². The summed E-state index contributed by atoms with van der Waals surface area (Å²) in [5.41, 5.74) is 2.97. The van der Waals surface area contributed by atoms with Crippen molar-refractivity contribution in [2.75, 3.05) is 7.11 Å². The van der Waals surface area contributed by atoms with Crippen molar-refractivity contribution in [1.82, 2.24) is 0 Å². The van der Waals surface area contributed by atoms with Crippen LogP contribution < -0.4 is 39.4 Å². The van der Waals surface area contributed by atoms with Gasteiger partial charge in [-0.25, -0.2) is 0 Å². The number of carbonyl (C=O) groups excluding carboxylic acids is 2. The molecule has 0 bridgehead atoms. The average Bonchev–Trinajstić information content (AvgIpc) is 2.64. The van der Waals surface area contributed by atoms with Crippen LogP contribution in [-0.4, -0.2) is 18.9 Å². The van der Waals surface area contributed by atoms with Crippen molar-refractivity contribution in [1.29, 1.82) is 0 Å². The molecule has 0 spiro atoms. The van der Waals surface area contributed by atoms with Crippen LogP contribution in [0.5, 0.6) is 5.75 Å². The second-order valence-corrected chi connectivity index (χ2v) is 5.01. The number of aryl methyl sites for hydroxylation is 2. The van der Waals surface area contributed by atoms with Crippen LogP contribution in [0.25, 0.3) is 0 Å². The van der Waals surface area contributed by atoms with E-state index >= 15 is 0 Å². The number of aromatic carboxylic acids is 1. The molecule has 0 saturated carbocycles. The van der Waals surface area contributed by atoms with Crippen LogP contribution in [0.15, 0.2) is 36.4 Å². The summed E-state index contributed by atoms with van der Waals surface area (Å²) in [4.78, 5) is 23.6. The summed E-state index contributed by atoms with van der Waals surface area (Å²) in [7, 11) is 1.56. The molecule has 0 amide bonds. The number of hydrogen-bond donors (Lipinski definition) is 0. The average molecular weight is 304 g/mol. The monoisotopic (exact) mass is 304 g/mol. The van der Waals surface area contributed by atoms with Gasteiger partial charge in [-0.1, -0.05) is 18.2 Å². The topological polar surface area (TPSA) is 66.4 Å². The zero-order valence-electron chi connectivity index (χ0n) is 12.5. The third-order valence-electron chi connectivity index (χ3n) is 3.81. The van der Waals surface area contributed by atoms with Crippen LogP contribution in [0.2, 0.25) is 0 Å². The zero-order chi connectivity index (χ0) is 15.0. The Hall–Kier alpha value is -1.62. The van der Waals surface area contributed by atoms with Gasteiger partial charge in [-0.2, -0.15) is 0 Å². The van der Waals surface area contributed by atoms with Crippen molar-refractivity contribution >= 4 is 11.8 Å². The van der Waals surface area contributed by atoms with E-state index in [-0.39, 0.29) is 40.9 Å². The Bertz CT molecular complexity index is 752. The molecule has 0 aliphatic heterocycles. The number of carboxylic acid groups (broad SMARTS) is 1. The molecule has 0 aromatic heterocycles. The van der Waals surface area contributed by atoms with Crippen LogP contribution in [-0.2, 0) is 12.8 Å². The fourth-order valence-corrected chi connectivity index (χ4v) is 2.68. The van der Waals surface area contributed by atoms with E-state index in [9.17, 15) is 14.7 Å². The van der Waals surface area contributed by atoms with Crippen molar-refractivity contribution in [3.63, 3.8) is 0 Å². The maximum absolute atomic E-state index is 12.7. The van der Waals surface area contributed by atoms with Gasteiger partial charge in [0.15, 0.2) is 5.78 Å². The number of hydrogen-bond acceptors (Lipinski definition) is 4. The van der Waals surface area contributed by atoms with Crippen LogP contribution in [0.1, 0.15) is 37.4 Å². The number of rotatable bonds is 2. The van der Waals surface area contributed by atoms with E-state index < -0.39 is 5.97 Å². The number of benzene rings is 2. The Balaban J connectivity index is 0.00000176. The molecule has 5 heteroatoms. The van der Waals surface area contributed by atoms with Gasteiger partial charge in [0.2, 0.25) is 0 Å². The summed E-state index contributed by atoms with van der Waals surface area (Å²) >= 11 is 0. The molecule has 0 N–H and O–H groups in total. The second-order valence-electron chi connectivity index (χ2n) is 5.01. The van der Waals surface area contributed by atoms with E-state index in [1.807, 2.05) is 12.1 Å². The van der Waals surface area contributed by atoms with Crippen molar-refractivity contribution in [2.45, 2.75) is 12.8 Å². The summed E-state index contributed by atoms with van der Waals surface area (Å²) < 4.78 is 5.17. The van der Waals surface area contributed by atoms with E-state index in [1.54, 1.807) is 19.2 Å². The number of carbonyl (C=O) groups is 2. The first-order valence-corrected chi connectivity index (χ1v) is 6.66. The summed E-state index contributed by atoms with van der Waals surface area (Å²) in [6.45, 7) is 0. The quantitative estimate of drug-likeness (QED) is 0.626. The summed E-state index contributed by atoms with van der Waals surface area (Å²) in [6.07, 6.45) is 1.32. The number of carboxylic acids is 1. The molecule has 106 valence electrons. The Morgan fingerprint density at radius 3 is 2.45 bits per heavy atom. The number of ketones is 1. The van der Waals surface area contributed by atoms with Gasteiger partial charge in [-0.05, 0) is 47.7 Å². The molecule has 4 nitrogen and oxygen atoms in total. The Labute approximate surface area is 150 Å². The molecule has 2 aromatic rings. The van der Waals surface area contributed by atoms with Gasteiger partial charge in [-0.3, -0.25) is 4.79 Å². The second kappa shape index (κ2) is 6.65. The Morgan fingerprint density at radius 2 is 1.77 bits per heavy atom. The van der Waals surface area contributed by atoms with Crippen LogP contribution in [0, 0.1) is 0 Å². The molecule has 0 heterocycles. The first-order valence-electron chi connectivity index (χ1n) is 6.66. The molecule has 1 aliphatic carbocycles. The predicted molar refractivity (Wildman–Crippen MR) is 74.6 cm³/mol. The maximum Gasteiger partial charge on any atom is 1.00 e. The molecule has 1 aliphatic rings. The summed E-state index contributed by atoms with van der Waals surface area (Å²) in [6, 6.07) is 9.96. The van der Waals surface area contributed by atoms with Gasteiger partial charge < -0.3 is 14.6 Å². The van der Waals surface area contributed by atoms with Gasteiger partial charge in [0, 0.05) is 11.1 Å². The summed E-state index contributed by atoms with van der Waals surface area (Å²) in [5, 5.41) is 10.9. The first-order chi connectivity index (χ1) is 10.1. The molecular formula is C17H13NaO4. The minimum absolute atomic E-state index is 0. The van der Waals surface area contributed by atoms with Crippen LogP contribution in [0.4, 0.5) is 0 Å². The molecule has 0 saturated heterocycles. The van der Waals surface area contributed by atoms with Gasteiger partial charge >= 0.3 is 29.6 Å². The zero-order valence-corrected chi connectivity index (χ0v) is 14.5. The third-order valence-corrected chi connectivity index (χ3v) is 3.81. The fourth-order valence-electron chi connectivity index (χ4n) is 2.68. The fraction of sp³-hybridized carbons (Fsp3) is 0.176. The Morgan fingerprint density at radius 1 is 1.05 bits per heavy atom. The van der Waals surface area contributed by atoms with E-state index in [2.05, 4.69) is 0 Å². The number of methoxy groups -OCH3 is 1. The third kappa shape index (κ3) is 2.95. The Kier molecular flexibility index (Phi) is 5.06. The molecule has 0 unspecified atom stereocenters. The molecular weight excluding hydrogens is 291 g/mol. The molecule has 0 fully saturated rings. The van der Waals surface area contributed by atoms with E-state index in [0.717, 1.165) is 11.1 Å². The maximum atomic E-state index is 12.7.